The van der Waals surface area contributed by atoms with E-state index in [0.717, 1.165) is 26.1 Å². The molecule has 1 fully saturated rings. The van der Waals surface area contributed by atoms with E-state index in [1.54, 1.807) is 4.90 Å². The van der Waals surface area contributed by atoms with Crippen LogP contribution in [0.3, 0.4) is 0 Å². The molecule has 2 rings (SSSR count). The zero-order chi connectivity index (χ0) is 15.4. The summed E-state index contributed by atoms with van der Waals surface area (Å²) in [7, 11) is 0. The van der Waals surface area contributed by atoms with E-state index in [1.807, 2.05) is 0 Å². The lowest BCUT2D eigenvalue weighted by Gasteiger charge is -2.38. The molecule has 6 heteroatoms. The summed E-state index contributed by atoms with van der Waals surface area (Å²) >= 11 is 6.03. The second kappa shape index (κ2) is 7.20. The summed E-state index contributed by atoms with van der Waals surface area (Å²) < 4.78 is 14.0. The molecule has 1 saturated heterocycles. The molecule has 4 nitrogen and oxygen atoms in total. The molecule has 0 aliphatic carbocycles. The van der Waals surface area contributed by atoms with Crippen LogP contribution in [0.25, 0.3) is 0 Å². The fraction of sp³-hybridized carbons (Fsp3) is 0.533. The molecule has 1 N–H and O–H groups in total. The maximum Gasteiger partial charge on any atom is 0.325 e. The van der Waals surface area contributed by atoms with E-state index in [0.29, 0.717) is 13.1 Å². The largest absolute Gasteiger partial charge is 0.480 e. The molecule has 1 aromatic carbocycles. The first-order valence-corrected chi connectivity index (χ1v) is 7.55. The molecular formula is C15H20ClFN2O2. The summed E-state index contributed by atoms with van der Waals surface area (Å²) in [5, 5.41) is 9.68. The van der Waals surface area contributed by atoms with Gasteiger partial charge in [-0.1, -0.05) is 24.6 Å². The summed E-state index contributed by atoms with van der Waals surface area (Å²) in [6, 6.07) is 3.25. The highest BCUT2D eigenvalue weighted by Gasteiger charge is 2.33. The molecule has 21 heavy (non-hydrogen) atoms. The standard InChI is InChI=1S/C15H20ClFN2O2/c1-2-6-18-7-9-19(10-8-18)14(15(20)21)13-11(16)4-3-5-12(13)17/h3-5,14H,2,6-10H2,1H3,(H,20,21). The molecule has 0 radical (unpaired) electrons. The van der Waals surface area contributed by atoms with Crippen molar-refractivity contribution in [2.24, 2.45) is 0 Å². The van der Waals surface area contributed by atoms with Gasteiger partial charge in [0.05, 0.1) is 0 Å². The first-order chi connectivity index (χ1) is 10.0. The average molecular weight is 315 g/mol. The Bertz CT molecular complexity index is 484. The SMILES string of the molecule is CCCN1CCN(C(C(=O)O)c2c(F)cccc2Cl)CC1. The van der Waals surface area contributed by atoms with Crippen LogP contribution in [0.5, 0.6) is 0 Å². The fourth-order valence-corrected chi connectivity index (χ4v) is 3.06. The van der Waals surface area contributed by atoms with E-state index in [9.17, 15) is 14.3 Å². The van der Waals surface area contributed by atoms with Gasteiger partial charge in [-0.05, 0) is 25.1 Å². The molecule has 1 aliphatic rings. The number of benzene rings is 1. The van der Waals surface area contributed by atoms with E-state index >= 15 is 0 Å². The van der Waals surface area contributed by atoms with Crippen molar-refractivity contribution in [2.45, 2.75) is 19.4 Å². The van der Waals surface area contributed by atoms with Crippen molar-refractivity contribution in [3.63, 3.8) is 0 Å². The van der Waals surface area contributed by atoms with Gasteiger partial charge in [0.1, 0.15) is 11.9 Å². The molecule has 0 spiro atoms. The van der Waals surface area contributed by atoms with Gasteiger partial charge in [0.15, 0.2) is 0 Å². The number of rotatable bonds is 5. The van der Waals surface area contributed by atoms with Crippen molar-refractivity contribution in [1.29, 1.82) is 0 Å². The molecule has 0 bridgehead atoms. The van der Waals surface area contributed by atoms with Gasteiger partial charge in [-0.25, -0.2) is 4.39 Å². The van der Waals surface area contributed by atoms with Gasteiger partial charge in [0.25, 0.3) is 0 Å². The van der Waals surface area contributed by atoms with Gasteiger partial charge >= 0.3 is 5.97 Å². The molecule has 1 aromatic rings. The Labute approximate surface area is 129 Å². The second-order valence-electron chi connectivity index (χ2n) is 5.25. The fourth-order valence-electron chi connectivity index (χ4n) is 2.80. The highest BCUT2D eigenvalue weighted by atomic mass is 35.5. The van der Waals surface area contributed by atoms with Crippen molar-refractivity contribution in [1.82, 2.24) is 9.80 Å². The lowest BCUT2D eigenvalue weighted by atomic mass is 10.0. The molecule has 0 amide bonds. The molecule has 116 valence electrons. The minimum Gasteiger partial charge on any atom is -0.480 e. The summed E-state index contributed by atoms with van der Waals surface area (Å²) in [6.45, 7) is 5.91. The molecule has 1 aliphatic heterocycles. The number of nitrogens with zero attached hydrogens (tertiary/aromatic N) is 2. The molecule has 1 unspecified atom stereocenters. The Hall–Kier alpha value is -1.17. The zero-order valence-electron chi connectivity index (χ0n) is 12.1. The van der Waals surface area contributed by atoms with Crippen LogP contribution in [-0.2, 0) is 4.79 Å². The zero-order valence-corrected chi connectivity index (χ0v) is 12.8. The van der Waals surface area contributed by atoms with Crippen molar-refractivity contribution < 1.29 is 14.3 Å². The first-order valence-electron chi connectivity index (χ1n) is 7.17. The van der Waals surface area contributed by atoms with Crippen LogP contribution in [-0.4, -0.2) is 53.6 Å². The minimum atomic E-state index is -1.06. The molecule has 1 heterocycles. The monoisotopic (exact) mass is 314 g/mol. The van der Waals surface area contributed by atoms with Gasteiger partial charge < -0.3 is 10.0 Å². The van der Waals surface area contributed by atoms with E-state index in [-0.39, 0.29) is 10.6 Å². The third-order valence-electron chi connectivity index (χ3n) is 3.82. The predicted octanol–water partition coefficient (Wildman–Crippen LogP) is 2.63. The van der Waals surface area contributed by atoms with Crippen molar-refractivity contribution in [2.75, 3.05) is 32.7 Å². The topological polar surface area (TPSA) is 43.8 Å². The van der Waals surface area contributed by atoms with Crippen LogP contribution in [0.15, 0.2) is 18.2 Å². The number of aliphatic carboxylic acids is 1. The normalized spacial score (nSPS) is 18.6. The predicted molar refractivity (Wildman–Crippen MR) is 80.1 cm³/mol. The number of carboxylic acids is 1. The van der Waals surface area contributed by atoms with Crippen LogP contribution in [0.4, 0.5) is 4.39 Å². The summed E-state index contributed by atoms with van der Waals surface area (Å²) in [5.41, 5.74) is 0.0654. The molecule has 0 saturated carbocycles. The number of halogens is 2. The number of hydrogen-bond acceptors (Lipinski definition) is 3. The number of hydrogen-bond donors (Lipinski definition) is 1. The van der Waals surface area contributed by atoms with Crippen LogP contribution < -0.4 is 0 Å². The van der Waals surface area contributed by atoms with E-state index in [1.165, 1.54) is 18.2 Å². The number of carboxylic acid groups (broad SMARTS) is 1. The van der Waals surface area contributed by atoms with Gasteiger partial charge in [-0.15, -0.1) is 0 Å². The van der Waals surface area contributed by atoms with Crippen molar-refractivity contribution in [3.05, 3.63) is 34.6 Å². The molecule has 0 aromatic heterocycles. The van der Waals surface area contributed by atoms with Crippen LogP contribution in [0.1, 0.15) is 24.9 Å². The van der Waals surface area contributed by atoms with Gasteiger partial charge in [0.2, 0.25) is 0 Å². The highest BCUT2D eigenvalue weighted by Crippen LogP contribution is 2.31. The van der Waals surface area contributed by atoms with Gasteiger partial charge in [-0.2, -0.15) is 0 Å². The van der Waals surface area contributed by atoms with Crippen LogP contribution >= 0.6 is 11.6 Å². The van der Waals surface area contributed by atoms with Crippen molar-refractivity contribution >= 4 is 17.6 Å². The van der Waals surface area contributed by atoms with Crippen molar-refractivity contribution in [3.8, 4) is 0 Å². The third-order valence-corrected chi connectivity index (χ3v) is 4.15. The Morgan fingerprint density at radius 1 is 1.38 bits per heavy atom. The first kappa shape index (κ1) is 16.2. The quantitative estimate of drug-likeness (QED) is 0.907. The molecule has 1 atom stereocenters. The van der Waals surface area contributed by atoms with Gasteiger partial charge in [-0.3, -0.25) is 9.69 Å². The maximum atomic E-state index is 14.0. The minimum absolute atomic E-state index is 0.0654. The van der Waals surface area contributed by atoms with Crippen LogP contribution in [0.2, 0.25) is 5.02 Å². The van der Waals surface area contributed by atoms with E-state index in [2.05, 4.69) is 11.8 Å². The summed E-state index contributed by atoms with van der Waals surface area (Å²) in [5.74, 6) is -1.63. The lowest BCUT2D eigenvalue weighted by molar-refractivity contribution is -0.144. The average Bonchev–Trinajstić information content (AvgIpc) is 2.44. The second-order valence-corrected chi connectivity index (χ2v) is 5.66. The Morgan fingerprint density at radius 3 is 2.57 bits per heavy atom. The third kappa shape index (κ3) is 3.73. The van der Waals surface area contributed by atoms with E-state index in [4.69, 9.17) is 11.6 Å². The Balaban J connectivity index is 2.19. The Morgan fingerprint density at radius 2 is 2.05 bits per heavy atom. The summed E-state index contributed by atoms with van der Waals surface area (Å²) in [4.78, 5) is 15.7. The van der Waals surface area contributed by atoms with E-state index < -0.39 is 17.8 Å². The smallest absolute Gasteiger partial charge is 0.325 e. The number of carbonyl (C=O) groups is 1. The highest BCUT2D eigenvalue weighted by molar-refractivity contribution is 6.31. The van der Waals surface area contributed by atoms with Gasteiger partial charge in [0, 0.05) is 36.8 Å². The summed E-state index contributed by atoms with van der Waals surface area (Å²) in [6.07, 6.45) is 1.07. The number of piperazine rings is 1. The Kier molecular flexibility index (Phi) is 5.56. The maximum absolute atomic E-state index is 14.0. The molecular weight excluding hydrogens is 295 g/mol. The lowest BCUT2D eigenvalue weighted by Crippen LogP contribution is -2.49. The van der Waals surface area contributed by atoms with Crippen LogP contribution in [0, 0.1) is 5.82 Å².